The Morgan fingerprint density at radius 3 is 2.03 bits per heavy atom. The van der Waals surface area contributed by atoms with E-state index >= 15 is 0 Å². The maximum atomic E-state index is 13.7. The molecule has 9 heteroatoms. The molecule has 3 aromatic carbocycles. The van der Waals surface area contributed by atoms with Gasteiger partial charge in [-0.1, -0.05) is 72.3 Å². The predicted molar refractivity (Wildman–Crippen MR) is 152 cm³/mol. The van der Waals surface area contributed by atoms with E-state index in [2.05, 4.69) is 5.32 Å². The molecule has 0 aliphatic rings. The molecule has 0 aliphatic carbocycles. The van der Waals surface area contributed by atoms with Gasteiger partial charge in [0.15, 0.2) is 0 Å². The molecule has 202 valence electrons. The Labute approximate surface area is 230 Å². The first kappa shape index (κ1) is 29.2. The van der Waals surface area contributed by atoms with Gasteiger partial charge in [0.2, 0.25) is 21.8 Å². The molecule has 0 saturated carbocycles. The van der Waals surface area contributed by atoms with Crippen LogP contribution < -0.4 is 9.62 Å². The lowest BCUT2D eigenvalue weighted by Crippen LogP contribution is -2.50. The van der Waals surface area contributed by atoms with Gasteiger partial charge in [0.25, 0.3) is 0 Å². The molecule has 1 atom stereocenters. The third-order valence-electron chi connectivity index (χ3n) is 6.08. The Hall–Kier alpha value is -3.36. The van der Waals surface area contributed by atoms with Crippen LogP contribution in [0.5, 0.6) is 0 Å². The van der Waals surface area contributed by atoms with Crippen molar-refractivity contribution in [3.63, 3.8) is 0 Å². The highest BCUT2D eigenvalue weighted by molar-refractivity contribution is 7.92. The van der Waals surface area contributed by atoms with Gasteiger partial charge in [0.1, 0.15) is 6.04 Å². The molecular weight excluding hydrogens is 522 g/mol. The fourth-order valence-electron chi connectivity index (χ4n) is 4.24. The van der Waals surface area contributed by atoms with E-state index in [-0.39, 0.29) is 37.7 Å². The summed E-state index contributed by atoms with van der Waals surface area (Å²) >= 11 is 5.96. The smallest absolute Gasteiger partial charge is 0.243 e. The number of benzene rings is 3. The zero-order valence-electron chi connectivity index (χ0n) is 21.7. The van der Waals surface area contributed by atoms with E-state index < -0.39 is 16.1 Å². The van der Waals surface area contributed by atoms with Crippen LogP contribution in [0.2, 0.25) is 5.02 Å². The molecule has 3 rings (SSSR count). The Morgan fingerprint density at radius 2 is 1.47 bits per heavy atom. The average molecular weight is 556 g/mol. The third kappa shape index (κ3) is 8.60. The summed E-state index contributed by atoms with van der Waals surface area (Å²) in [4.78, 5) is 28.5. The van der Waals surface area contributed by atoms with Crippen LogP contribution in [0.15, 0.2) is 84.9 Å². The molecule has 3 aromatic rings. The molecule has 1 N–H and O–H groups in total. The summed E-state index contributed by atoms with van der Waals surface area (Å²) in [5.74, 6) is -0.440. The number of nitrogens with one attached hydrogen (secondary N) is 1. The average Bonchev–Trinajstić information content (AvgIpc) is 2.90. The van der Waals surface area contributed by atoms with Crippen molar-refractivity contribution in [3.05, 3.63) is 101 Å². The molecule has 2 amide bonds. The maximum absolute atomic E-state index is 13.7. The van der Waals surface area contributed by atoms with Gasteiger partial charge < -0.3 is 10.2 Å². The van der Waals surface area contributed by atoms with Gasteiger partial charge in [0, 0.05) is 37.5 Å². The van der Waals surface area contributed by atoms with E-state index in [9.17, 15) is 18.0 Å². The number of hydrogen-bond acceptors (Lipinski definition) is 4. The maximum Gasteiger partial charge on any atom is 0.243 e. The monoisotopic (exact) mass is 555 g/mol. The zero-order chi connectivity index (χ0) is 27.5. The summed E-state index contributed by atoms with van der Waals surface area (Å²) in [7, 11) is -3.57. The van der Waals surface area contributed by atoms with Gasteiger partial charge >= 0.3 is 0 Å². The fourth-order valence-corrected chi connectivity index (χ4v) is 5.33. The van der Waals surface area contributed by atoms with Crippen molar-refractivity contribution < 1.29 is 18.0 Å². The summed E-state index contributed by atoms with van der Waals surface area (Å²) < 4.78 is 26.2. The molecule has 0 aliphatic heterocycles. The van der Waals surface area contributed by atoms with Crippen LogP contribution in [0.25, 0.3) is 0 Å². The van der Waals surface area contributed by atoms with Crippen LogP contribution >= 0.6 is 11.6 Å². The second kappa shape index (κ2) is 14.0. The summed E-state index contributed by atoms with van der Waals surface area (Å²) in [6.45, 7) is 2.68. The normalized spacial score (nSPS) is 12.0. The van der Waals surface area contributed by atoms with E-state index in [4.69, 9.17) is 11.6 Å². The predicted octanol–water partition coefficient (Wildman–Crippen LogP) is 4.66. The van der Waals surface area contributed by atoms with Gasteiger partial charge in [0.05, 0.1) is 11.9 Å². The highest BCUT2D eigenvalue weighted by Gasteiger charge is 2.30. The van der Waals surface area contributed by atoms with Crippen molar-refractivity contribution in [1.29, 1.82) is 0 Å². The first-order valence-electron chi connectivity index (χ1n) is 12.6. The van der Waals surface area contributed by atoms with Crippen molar-refractivity contribution >= 4 is 39.1 Å². The molecule has 0 unspecified atom stereocenters. The van der Waals surface area contributed by atoms with Crippen LogP contribution in [0.1, 0.15) is 30.9 Å². The SMILES string of the molecule is CCNC(=O)[C@@H](Cc1ccccc1)N(Cc1ccccc1)C(=O)CCCN(c1ccc(Cl)cc1)S(C)(=O)=O. The van der Waals surface area contributed by atoms with E-state index in [0.717, 1.165) is 17.4 Å². The van der Waals surface area contributed by atoms with Gasteiger partial charge in [-0.05, 0) is 48.7 Å². The van der Waals surface area contributed by atoms with E-state index in [1.54, 1.807) is 29.2 Å². The summed E-state index contributed by atoms with van der Waals surface area (Å²) in [6.07, 6.45) is 1.87. The highest BCUT2D eigenvalue weighted by Crippen LogP contribution is 2.22. The van der Waals surface area contributed by atoms with Crippen molar-refractivity contribution in [2.24, 2.45) is 0 Å². The molecule has 7 nitrogen and oxygen atoms in total. The minimum absolute atomic E-state index is 0.0805. The van der Waals surface area contributed by atoms with E-state index in [0.29, 0.717) is 23.7 Å². The molecule has 0 heterocycles. The van der Waals surface area contributed by atoms with Gasteiger partial charge in [-0.2, -0.15) is 0 Å². The van der Waals surface area contributed by atoms with Crippen LogP contribution in [0, 0.1) is 0 Å². The topological polar surface area (TPSA) is 86.8 Å². The Kier molecular flexibility index (Phi) is 10.7. The third-order valence-corrected chi connectivity index (χ3v) is 7.53. The lowest BCUT2D eigenvalue weighted by molar-refractivity contribution is -0.141. The number of amides is 2. The zero-order valence-corrected chi connectivity index (χ0v) is 23.3. The number of nitrogens with zero attached hydrogens (tertiary/aromatic N) is 2. The number of hydrogen-bond donors (Lipinski definition) is 1. The van der Waals surface area contributed by atoms with Crippen molar-refractivity contribution in [3.8, 4) is 0 Å². The quantitative estimate of drug-likeness (QED) is 0.332. The van der Waals surface area contributed by atoms with Crippen molar-refractivity contribution in [2.75, 3.05) is 23.7 Å². The number of halogens is 1. The molecule has 0 radical (unpaired) electrons. The second-order valence-electron chi connectivity index (χ2n) is 9.02. The molecule has 0 spiro atoms. The van der Waals surface area contributed by atoms with Crippen LogP contribution in [-0.4, -0.2) is 50.5 Å². The Bertz CT molecular complexity index is 1290. The number of likely N-dealkylation sites (N-methyl/N-ethyl adjacent to an activating group) is 1. The molecular formula is C29H34ClN3O4S. The van der Waals surface area contributed by atoms with Crippen LogP contribution in [0.4, 0.5) is 5.69 Å². The highest BCUT2D eigenvalue weighted by atomic mass is 35.5. The number of carbonyl (C=O) groups excluding carboxylic acids is 2. The first-order chi connectivity index (χ1) is 18.2. The second-order valence-corrected chi connectivity index (χ2v) is 11.4. The minimum Gasteiger partial charge on any atom is -0.355 e. The largest absolute Gasteiger partial charge is 0.355 e. The molecule has 0 aromatic heterocycles. The summed E-state index contributed by atoms with van der Waals surface area (Å²) in [5, 5.41) is 3.38. The molecule has 38 heavy (non-hydrogen) atoms. The van der Waals surface area contributed by atoms with Gasteiger partial charge in [-0.25, -0.2) is 8.42 Å². The van der Waals surface area contributed by atoms with Gasteiger partial charge in [-0.15, -0.1) is 0 Å². The number of carbonyl (C=O) groups is 2. The number of rotatable bonds is 13. The van der Waals surface area contributed by atoms with Crippen LogP contribution in [-0.2, 0) is 32.6 Å². The Morgan fingerprint density at radius 1 is 0.895 bits per heavy atom. The lowest BCUT2D eigenvalue weighted by Gasteiger charge is -2.32. The lowest BCUT2D eigenvalue weighted by atomic mass is 10.0. The van der Waals surface area contributed by atoms with E-state index in [1.165, 1.54) is 4.31 Å². The Balaban J connectivity index is 1.83. The first-order valence-corrected chi connectivity index (χ1v) is 14.8. The molecule has 0 bridgehead atoms. The van der Waals surface area contributed by atoms with E-state index in [1.807, 2.05) is 67.6 Å². The number of anilines is 1. The summed E-state index contributed by atoms with van der Waals surface area (Å²) in [6, 6.07) is 24.9. The standard InChI is InChI=1S/C29H34ClN3O4S/c1-3-31-29(35)27(21-23-11-6-4-7-12-23)32(22-24-13-8-5-9-14-24)28(34)15-10-20-33(38(2,36)37)26-18-16-25(30)17-19-26/h4-9,11-14,16-19,27H,3,10,15,20-22H2,1-2H3,(H,31,35)/t27-/m1/s1. The van der Waals surface area contributed by atoms with Crippen molar-refractivity contribution in [1.82, 2.24) is 10.2 Å². The van der Waals surface area contributed by atoms with Crippen LogP contribution in [0.3, 0.4) is 0 Å². The van der Waals surface area contributed by atoms with Crippen molar-refractivity contribution in [2.45, 2.75) is 38.8 Å². The molecule has 0 saturated heterocycles. The number of sulfonamides is 1. The van der Waals surface area contributed by atoms with Gasteiger partial charge in [-0.3, -0.25) is 13.9 Å². The summed E-state index contributed by atoms with van der Waals surface area (Å²) in [5.41, 5.74) is 2.33. The molecule has 0 fully saturated rings. The fraction of sp³-hybridized carbons (Fsp3) is 0.310. The minimum atomic E-state index is -3.57.